The highest BCUT2D eigenvalue weighted by molar-refractivity contribution is 6.31. The average Bonchev–Trinajstić information content (AvgIpc) is 2.69. The Labute approximate surface area is 91.3 Å². The molecule has 0 amide bonds. The van der Waals surface area contributed by atoms with E-state index in [1.807, 2.05) is 12.1 Å². The van der Waals surface area contributed by atoms with Crippen molar-refractivity contribution >= 4 is 17.6 Å². The van der Waals surface area contributed by atoms with Gasteiger partial charge in [0.25, 0.3) is 0 Å². The number of carboxylic acid groups (broad SMARTS) is 1. The van der Waals surface area contributed by atoms with Gasteiger partial charge in [-0.1, -0.05) is 11.6 Å². The Morgan fingerprint density at radius 1 is 1.33 bits per heavy atom. The first-order valence-corrected chi connectivity index (χ1v) is 4.72. The average molecular weight is 222 g/mol. The smallest absolute Gasteiger partial charge is 0.335 e. The lowest BCUT2D eigenvalue weighted by molar-refractivity contribution is 0.0697. The molecule has 0 bridgehead atoms. The van der Waals surface area contributed by atoms with Crippen molar-refractivity contribution in [3.05, 3.63) is 47.1 Å². The van der Waals surface area contributed by atoms with E-state index in [0.29, 0.717) is 5.02 Å². The number of halogens is 1. The van der Waals surface area contributed by atoms with Crippen molar-refractivity contribution in [1.29, 1.82) is 0 Å². The van der Waals surface area contributed by atoms with E-state index in [9.17, 15) is 4.79 Å². The van der Waals surface area contributed by atoms with Crippen LogP contribution in [-0.2, 0) is 0 Å². The Morgan fingerprint density at radius 3 is 2.73 bits per heavy atom. The number of nitrogens with one attached hydrogen (secondary N) is 1. The lowest BCUT2D eigenvalue weighted by atomic mass is 10.1. The van der Waals surface area contributed by atoms with E-state index in [-0.39, 0.29) is 5.56 Å². The van der Waals surface area contributed by atoms with E-state index < -0.39 is 5.97 Å². The van der Waals surface area contributed by atoms with Gasteiger partial charge >= 0.3 is 5.97 Å². The van der Waals surface area contributed by atoms with Crippen LogP contribution < -0.4 is 0 Å². The number of H-pyrrole nitrogens is 1. The maximum absolute atomic E-state index is 10.8. The molecule has 1 heterocycles. The van der Waals surface area contributed by atoms with Gasteiger partial charge in [-0.3, -0.25) is 0 Å². The molecule has 2 aromatic rings. The molecule has 0 aliphatic rings. The van der Waals surface area contributed by atoms with E-state index in [1.165, 1.54) is 6.07 Å². The van der Waals surface area contributed by atoms with Crippen LogP contribution in [0.25, 0.3) is 11.3 Å². The number of benzene rings is 1. The zero-order chi connectivity index (χ0) is 10.8. The number of aromatic nitrogens is 1. The highest BCUT2D eigenvalue weighted by Crippen LogP contribution is 2.23. The summed E-state index contributed by atoms with van der Waals surface area (Å²) in [6, 6.07) is 8.43. The molecule has 0 spiro atoms. The summed E-state index contributed by atoms with van der Waals surface area (Å²) in [5.41, 5.74) is 1.80. The first kappa shape index (κ1) is 9.80. The zero-order valence-electron chi connectivity index (χ0n) is 7.70. The third kappa shape index (κ3) is 2.02. The SMILES string of the molecule is O=C(O)c1cc(Cl)cc(-c2ccc[nH]2)c1. The van der Waals surface area contributed by atoms with Crippen LogP contribution in [0, 0.1) is 0 Å². The van der Waals surface area contributed by atoms with E-state index >= 15 is 0 Å². The number of hydrogen-bond acceptors (Lipinski definition) is 1. The van der Waals surface area contributed by atoms with Crippen LogP contribution in [0.4, 0.5) is 0 Å². The first-order chi connectivity index (χ1) is 7.16. The second kappa shape index (κ2) is 3.79. The topological polar surface area (TPSA) is 53.1 Å². The monoisotopic (exact) mass is 221 g/mol. The van der Waals surface area contributed by atoms with Gasteiger partial charge in [0.2, 0.25) is 0 Å². The summed E-state index contributed by atoms with van der Waals surface area (Å²) < 4.78 is 0. The van der Waals surface area contributed by atoms with Gasteiger partial charge in [0.15, 0.2) is 0 Å². The van der Waals surface area contributed by atoms with Gasteiger partial charge in [-0.15, -0.1) is 0 Å². The van der Waals surface area contributed by atoms with Gasteiger partial charge in [0, 0.05) is 22.5 Å². The quantitative estimate of drug-likeness (QED) is 0.819. The number of aromatic amines is 1. The Morgan fingerprint density at radius 2 is 2.13 bits per heavy atom. The lowest BCUT2D eigenvalue weighted by Gasteiger charge is -2.01. The van der Waals surface area contributed by atoms with Gasteiger partial charge in [-0.2, -0.15) is 0 Å². The molecule has 4 heteroatoms. The summed E-state index contributed by atoms with van der Waals surface area (Å²) >= 11 is 5.83. The Balaban J connectivity index is 2.54. The molecule has 0 unspecified atom stereocenters. The van der Waals surface area contributed by atoms with Crippen LogP contribution in [0.15, 0.2) is 36.5 Å². The highest BCUT2D eigenvalue weighted by atomic mass is 35.5. The second-order valence-electron chi connectivity index (χ2n) is 3.12. The van der Waals surface area contributed by atoms with Crippen LogP contribution in [0.3, 0.4) is 0 Å². The van der Waals surface area contributed by atoms with E-state index in [2.05, 4.69) is 4.98 Å². The number of rotatable bonds is 2. The molecular weight excluding hydrogens is 214 g/mol. The minimum atomic E-state index is -0.981. The molecule has 76 valence electrons. The molecule has 3 nitrogen and oxygen atoms in total. The molecule has 0 aliphatic heterocycles. The molecule has 1 aromatic heterocycles. The Bertz CT molecular complexity index is 491. The highest BCUT2D eigenvalue weighted by Gasteiger charge is 2.07. The minimum Gasteiger partial charge on any atom is -0.478 e. The number of aromatic carboxylic acids is 1. The maximum Gasteiger partial charge on any atom is 0.335 e. The van der Waals surface area contributed by atoms with E-state index in [4.69, 9.17) is 16.7 Å². The molecule has 15 heavy (non-hydrogen) atoms. The third-order valence-corrected chi connectivity index (χ3v) is 2.27. The van der Waals surface area contributed by atoms with Crippen molar-refractivity contribution in [2.45, 2.75) is 0 Å². The second-order valence-corrected chi connectivity index (χ2v) is 3.55. The van der Waals surface area contributed by atoms with Gasteiger partial charge in [-0.25, -0.2) is 4.79 Å². The van der Waals surface area contributed by atoms with Crippen LogP contribution in [-0.4, -0.2) is 16.1 Å². The normalized spacial score (nSPS) is 10.2. The fraction of sp³-hybridized carbons (Fsp3) is 0. The largest absolute Gasteiger partial charge is 0.478 e. The van der Waals surface area contributed by atoms with Crippen LogP contribution >= 0.6 is 11.6 Å². The molecule has 0 radical (unpaired) electrons. The predicted octanol–water partition coefficient (Wildman–Crippen LogP) is 3.03. The minimum absolute atomic E-state index is 0.187. The summed E-state index contributed by atoms with van der Waals surface area (Å²) in [4.78, 5) is 13.8. The van der Waals surface area contributed by atoms with Crippen molar-refractivity contribution in [3.63, 3.8) is 0 Å². The van der Waals surface area contributed by atoms with E-state index in [0.717, 1.165) is 11.3 Å². The van der Waals surface area contributed by atoms with Crippen molar-refractivity contribution in [2.24, 2.45) is 0 Å². The fourth-order valence-corrected chi connectivity index (χ4v) is 1.61. The standard InChI is InChI=1S/C11H8ClNO2/c12-9-5-7(10-2-1-3-13-10)4-8(6-9)11(14)15/h1-6,13H,(H,14,15). The van der Waals surface area contributed by atoms with Crippen molar-refractivity contribution in [1.82, 2.24) is 4.98 Å². The molecule has 0 aliphatic carbocycles. The first-order valence-electron chi connectivity index (χ1n) is 4.34. The zero-order valence-corrected chi connectivity index (χ0v) is 8.45. The Kier molecular flexibility index (Phi) is 2.47. The van der Waals surface area contributed by atoms with Crippen LogP contribution in [0.1, 0.15) is 10.4 Å². The molecule has 1 aromatic carbocycles. The van der Waals surface area contributed by atoms with Crippen LogP contribution in [0.5, 0.6) is 0 Å². The van der Waals surface area contributed by atoms with E-state index in [1.54, 1.807) is 18.3 Å². The lowest BCUT2D eigenvalue weighted by Crippen LogP contribution is -1.96. The van der Waals surface area contributed by atoms with Crippen molar-refractivity contribution in [3.8, 4) is 11.3 Å². The Hall–Kier alpha value is -1.74. The summed E-state index contributed by atoms with van der Waals surface area (Å²) in [6.45, 7) is 0. The summed E-state index contributed by atoms with van der Waals surface area (Å²) in [7, 11) is 0. The molecule has 0 fully saturated rings. The van der Waals surface area contributed by atoms with Crippen molar-refractivity contribution < 1.29 is 9.90 Å². The molecule has 0 saturated carbocycles. The predicted molar refractivity (Wildman–Crippen MR) is 58.2 cm³/mol. The maximum atomic E-state index is 10.8. The number of hydrogen-bond donors (Lipinski definition) is 2. The number of carboxylic acids is 1. The summed E-state index contributed by atoms with van der Waals surface area (Å²) in [6.07, 6.45) is 1.77. The van der Waals surface area contributed by atoms with Gasteiger partial charge in [0.05, 0.1) is 5.56 Å². The van der Waals surface area contributed by atoms with Gasteiger partial charge in [-0.05, 0) is 30.3 Å². The molecular formula is C11H8ClNO2. The summed E-state index contributed by atoms with van der Waals surface area (Å²) in [5.74, 6) is -0.981. The molecule has 2 rings (SSSR count). The summed E-state index contributed by atoms with van der Waals surface area (Å²) in [5, 5.41) is 9.28. The van der Waals surface area contributed by atoms with Crippen LogP contribution in [0.2, 0.25) is 5.02 Å². The number of carbonyl (C=O) groups is 1. The van der Waals surface area contributed by atoms with Crippen molar-refractivity contribution in [2.75, 3.05) is 0 Å². The molecule has 2 N–H and O–H groups in total. The molecule has 0 atom stereocenters. The fourth-order valence-electron chi connectivity index (χ4n) is 1.38. The van der Waals surface area contributed by atoms with Gasteiger partial charge < -0.3 is 10.1 Å². The third-order valence-electron chi connectivity index (χ3n) is 2.05. The van der Waals surface area contributed by atoms with Gasteiger partial charge in [0.1, 0.15) is 0 Å². The molecule has 0 saturated heterocycles.